The summed E-state index contributed by atoms with van der Waals surface area (Å²) in [7, 11) is 5.02. The molecular formula is C9H12Cl2N4O2S. The third-order valence-electron chi connectivity index (χ3n) is 1.50. The molecular weight excluding hydrogens is 299 g/mol. The third kappa shape index (κ3) is 4.99. The number of thiazole rings is 1. The van der Waals surface area contributed by atoms with Crippen LogP contribution in [0.2, 0.25) is 0 Å². The Bertz CT molecular complexity index is 459. The maximum atomic E-state index is 11.1. The first kappa shape index (κ1) is 16.8. The van der Waals surface area contributed by atoms with E-state index in [0.717, 1.165) is 0 Å². The zero-order chi connectivity index (χ0) is 12.8. The van der Waals surface area contributed by atoms with Crippen molar-refractivity contribution in [3.8, 4) is 0 Å². The molecule has 1 aromatic heterocycles. The molecule has 0 bridgehead atoms. The lowest BCUT2D eigenvalue weighted by atomic mass is 10.3. The predicted octanol–water partition coefficient (Wildman–Crippen LogP) is 1.90. The van der Waals surface area contributed by atoms with Crippen molar-refractivity contribution >= 4 is 57.8 Å². The molecule has 0 radical (unpaired) electrons. The van der Waals surface area contributed by atoms with E-state index in [4.69, 9.17) is 11.6 Å². The summed E-state index contributed by atoms with van der Waals surface area (Å²) in [5, 5.41) is 4.95. The van der Waals surface area contributed by atoms with Crippen LogP contribution in [0.25, 0.3) is 0 Å². The highest BCUT2D eigenvalue weighted by Gasteiger charge is 2.16. The van der Waals surface area contributed by atoms with Gasteiger partial charge in [0, 0.05) is 19.5 Å². The van der Waals surface area contributed by atoms with E-state index in [9.17, 15) is 4.79 Å². The lowest BCUT2D eigenvalue weighted by molar-refractivity contribution is -0.106. The molecule has 0 atom stereocenters. The van der Waals surface area contributed by atoms with Crippen LogP contribution < -0.4 is 0 Å². The fourth-order valence-electron chi connectivity index (χ4n) is 0.872. The highest BCUT2D eigenvalue weighted by atomic mass is 35.5. The summed E-state index contributed by atoms with van der Waals surface area (Å²) in [4.78, 5) is 25.6. The van der Waals surface area contributed by atoms with E-state index in [0.29, 0.717) is 10.8 Å². The van der Waals surface area contributed by atoms with Crippen LogP contribution in [0.15, 0.2) is 15.5 Å². The van der Waals surface area contributed by atoms with E-state index in [1.165, 1.54) is 18.4 Å². The van der Waals surface area contributed by atoms with Gasteiger partial charge in [-0.1, -0.05) is 5.16 Å². The number of nitrogens with zero attached hydrogens (tertiary/aromatic N) is 4. The molecule has 1 heterocycles. The maximum Gasteiger partial charge on any atom is 0.276 e. The molecule has 6 nitrogen and oxygen atoms in total. The summed E-state index contributed by atoms with van der Waals surface area (Å²) < 4.78 is 0. The van der Waals surface area contributed by atoms with E-state index >= 15 is 0 Å². The van der Waals surface area contributed by atoms with Crippen molar-refractivity contribution in [2.75, 3.05) is 21.2 Å². The van der Waals surface area contributed by atoms with Gasteiger partial charge in [-0.15, -0.1) is 23.7 Å². The van der Waals surface area contributed by atoms with Gasteiger partial charge in [0.15, 0.2) is 5.71 Å². The second-order valence-corrected chi connectivity index (χ2v) is 4.30. The molecule has 0 N–H and O–H groups in total. The number of oxime groups is 1. The Balaban J connectivity index is 0.00000289. The quantitative estimate of drug-likeness (QED) is 0.360. The van der Waals surface area contributed by atoms with Crippen molar-refractivity contribution < 1.29 is 9.63 Å². The van der Waals surface area contributed by atoms with Crippen LogP contribution in [0.3, 0.4) is 0 Å². The van der Waals surface area contributed by atoms with Crippen molar-refractivity contribution in [2.45, 2.75) is 0 Å². The minimum absolute atomic E-state index is 0. The molecule has 1 aromatic rings. The van der Waals surface area contributed by atoms with Gasteiger partial charge in [-0.05, 0) is 11.6 Å². The average molecular weight is 311 g/mol. The highest BCUT2D eigenvalue weighted by Crippen LogP contribution is 2.19. The van der Waals surface area contributed by atoms with Gasteiger partial charge in [0.1, 0.15) is 12.8 Å². The maximum absolute atomic E-state index is 11.1. The second kappa shape index (κ2) is 8.02. The topological polar surface area (TPSA) is 67.2 Å². The Labute approximate surface area is 120 Å². The normalized spacial score (nSPS) is 11.2. The molecule has 0 aromatic carbocycles. The van der Waals surface area contributed by atoms with Gasteiger partial charge >= 0.3 is 0 Å². The van der Waals surface area contributed by atoms with Gasteiger partial charge in [-0.2, -0.15) is 0 Å². The van der Waals surface area contributed by atoms with Crippen molar-refractivity contribution in [3.05, 3.63) is 11.1 Å². The molecule has 0 unspecified atom stereocenters. The lowest BCUT2D eigenvalue weighted by Crippen LogP contribution is -2.10. The second-order valence-electron chi connectivity index (χ2n) is 3.12. The summed E-state index contributed by atoms with van der Waals surface area (Å²) in [5.74, 6) is 0. The van der Waals surface area contributed by atoms with Crippen LogP contribution in [-0.4, -0.2) is 48.4 Å². The van der Waals surface area contributed by atoms with E-state index in [-0.39, 0.29) is 18.1 Å². The first-order chi connectivity index (χ1) is 8.04. The number of hydrogen-bond donors (Lipinski definition) is 0. The summed E-state index contributed by atoms with van der Waals surface area (Å²) in [6.07, 6.45) is 1.61. The molecule has 0 aliphatic heterocycles. The van der Waals surface area contributed by atoms with Crippen LogP contribution >= 0.6 is 35.3 Å². The number of halogens is 2. The number of carbonyl (C=O) groups excluding carboxylic acids is 1. The molecule has 0 aliphatic rings. The number of aliphatic imine (C=N–C) groups is 1. The van der Waals surface area contributed by atoms with Crippen LogP contribution in [0.1, 0.15) is 5.69 Å². The molecule has 0 saturated heterocycles. The zero-order valence-corrected chi connectivity index (χ0v) is 12.3. The first-order valence-electron chi connectivity index (χ1n) is 4.52. The van der Waals surface area contributed by atoms with Crippen molar-refractivity contribution in [1.29, 1.82) is 0 Å². The SMILES string of the molecule is CO/N=C(/C(=O)Cl)c1csc(N=CN(C)C)n1.Cl. The molecule has 0 saturated carbocycles. The van der Waals surface area contributed by atoms with Crippen molar-refractivity contribution in [2.24, 2.45) is 10.1 Å². The fourth-order valence-corrected chi connectivity index (χ4v) is 1.64. The zero-order valence-electron chi connectivity index (χ0n) is 9.95. The average Bonchev–Trinajstić information content (AvgIpc) is 2.71. The third-order valence-corrected chi connectivity index (χ3v) is 2.43. The Morgan fingerprint density at radius 1 is 1.61 bits per heavy atom. The summed E-state index contributed by atoms with van der Waals surface area (Å²) in [6, 6.07) is 0. The Hall–Kier alpha value is -1.18. The molecule has 0 fully saturated rings. The fraction of sp³-hybridized carbons (Fsp3) is 0.333. The molecule has 0 spiro atoms. The molecule has 0 aliphatic carbocycles. The van der Waals surface area contributed by atoms with E-state index < -0.39 is 5.24 Å². The Kier molecular flexibility index (Phi) is 7.49. The largest absolute Gasteiger partial charge is 0.398 e. The van der Waals surface area contributed by atoms with Gasteiger partial charge < -0.3 is 9.74 Å². The van der Waals surface area contributed by atoms with Gasteiger partial charge in [0.05, 0.1) is 6.34 Å². The molecule has 9 heteroatoms. The predicted molar refractivity (Wildman–Crippen MR) is 75.6 cm³/mol. The number of aromatic nitrogens is 1. The summed E-state index contributed by atoms with van der Waals surface area (Å²) >= 11 is 6.64. The minimum Gasteiger partial charge on any atom is -0.398 e. The monoisotopic (exact) mass is 310 g/mol. The summed E-state index contributed by atoms with van der Waals surface area (Å²) in [6.45, 7) is 0. The van der Waals surface area contributed by atoms with Gasteiger partial charge in [0.25, 0.3) is 5.24 Å². The van der Waals surface area contributed by atoms with Crippen molar-refractivity contribution in [1.82, 2.24) is 9.88 Å². The van der Waals surface area contributed by atoms with Gasteiger partial charge in [0.2, 0.25) is 5.13 Å². The molecule has 100 valence electrons. The van der Waals surface area contributed by atoms with E-state index in [1.54, 1.807) is 16.6 Å². The van der Waals surface area contributed by atoms with Crippen LogP contribution in [-0.2, 0) is 9.63 Å². The van der Waals surface area contributed by atoms with Crippen molar-refractivity contribution in [3.63, 3.8) is 0 Å². The van der Waals surface area contributed by atoms with Crippen LogP contribution in [0, 0.1) is 0 Å². The van der Waals surface area contributed by atoms with Crippen LogP contribution in [0.5, 0.6) is 0 Å². The number of carbonyl (C=O) groups is 1. The lowest BCUT2D eigenvalue weighted by Gasteiger charge is -1.99. The smallest absolute Gasteiger partial charge is 0.276 e. The number of hydrogen-bond acceptors (Lipinski definition) is 6. The highest BCUT2D eigenvalue weighted by molar-refractivity contribution is 7.13. The summed E-state index contributed by atoms with van der Waals surface area (Å²) in [5.41, 5.74) is 0.319. The van der Waals surface area contributed by atoms with E-state index in [1.807, 2.05) is 14.1 Å². The van der Waals surface area contributed by atoms with Crippen LogP contribution in [0.4, 0.5) is 5.13 Å². The van der Waals surface area contributed by atoms with Gasteiger partial charge in [-0.25, -0.2) is 9.98 Å². The standard InChI is InChI=1S/C9H11ClN4O2S.ClH/c1-14(2)5-11-9-12-6(4-17-9)7(8(10)15)13-16-3;/h4-5H,1-3H3;1H/b11-5?,13-7+;. The first-order valence-corrected chi connectivity index (χ1v) is 5.78. The molecule has 1 rings (SSSR count). The molecule has 0 amide bonds. The minimum atomic E-state index is -0.722. The Morgan fingerprint density at radius 3 is 2.78 bits per heavy atom. The number of rotatable bonds is 5. The Morgan fingerprint density at radius 2 is 2.28 bits per heavy atom. The van der Waals surface area contributed by atoms with Gasteiger partial charge in [-0.3, -0.25) is 4.79 Å². The van der Waals surface area contributed by atoms with E-state index in [2.05, 4.69) is 20.0 Å². The molecule has 18 heavy (non-hydrogen) atoms.